The van der Waals surface area contributed by atoms with Crippen LogP contribution in [0.3, 0.4) is 0 Å². The van der Waals surface area contributed by atoms with Gasteiger partial charge in [0.15, 0.2) is 5.52 Å². The van der Waals surface area contributed by atoms with Crippen molar-refractivity contribution < 1.29 is 4.74 Å². The summed E-state index contributed by atoms with van der Waals surface area (Å²) >= 11 is 0. The lowest BCUT2D eigenvalue weighted by Crippen LogP contribution is -2.13. The summed E-state index contributed by atoms with van der Waals surface area (Å²) in [5.74, 6) is 1.26. The van der Waals surface area contributed by atoms with E-state index in [2.05, 4.69) is 23.9 Å². The fraction of sp³-hybridized carbons (Fsp3) is 0.421. The molecule has 0 radical (unpaired) electrons. The van der Waals surface area contributed by atoms with Crippen LogP contribution in [0.2, 0.25) is 0 Å². The first-order valence-electron chi connectivity index (χ1n) is 8.74. The van der Waals surface area contributed by atoms with Crippen molar-refractivity contribution in [3.8, 4) is 17.1 Å². The van der Waals surface area contributed by atoms with Gasteiger partial charge in [0.2, 0.25) is 0 Å². The van der Waals surface area contributed by atoms with E-state index in [-0.39, 0.29) is 5.56 Å². The molecule has 6 nitrogen and oxygen atoms in total. The molecule has 0 unspecified atom stereocenters. The molecule has 0 bridgehead atoms. The summed E-state index contributed by atoms with van der Waals surface area (Å²) in [4.78, 5) is 20.3. The molecule has 0 saturated heterocycles. The molecule has 132 valence electrons. The molecule has 0 amide bonds. The van der Waals surface area contributed by atoms with Crippen LogP contribution in [0.4, 0.5) is 0 Å². The average molecular weight is 340 g/mol. The van der Waals surface area contributed by atoms with Crippen molar-refractivity contribution in [3.63, 3.8) is 0 Å². The predicted molar refractivity (Wildman–Crippen MR) is 99.1 cm³/mol. The van der Waals surface area contributed by atoms with Crippen LogP contribution in [-0.4, -0.2) is 26.4 Å². The molecule has 2 heterocycles. The molecule has 0 atom stereocenters. The highest BCUT2D eigenvalue weighted by Gasteiger charge is 2.17. The number of aromatic nitrogens is 4. The van der Waals surface area contributed by atoms with Crippen LogP contribution in [0, 0.1) is 6.92 Å². The maximum atomic E-state index is 12.6. The number of hydrogen-bond donors (Lipinski definition) is 1. The number of rotatable bonds is 6. The SMILES string of the molecule is CCCOc1ccc(C)cc1-c1nc2c(CCC)nn(C)c2c(=O)[nH]1. The lowest BCUT2D eigenvalue weighted by atomic mass is 10.1. The van der Waals surface area contributed by atoms with Crippen molar-refractivity contribution in [1.29, 1.82) is 0 Å². The van der Waals surface area contributed by atoms with Crippen molar-refractivity contribution in [2.45, 2.75) is 40.0 Å². The van der Waals surface area contributed by atoms with Crippen molar-refractivity contribution in [2.24, 2.45) is 7.05 Å². The smallest absolute Gasteiger partial charge is 0.277 e. The average Bonchev–Trinajstić information content (AvgIpc) is 2.90. The number of fused-ring (bicyclic) bond motifs is 1. The number of benzene rings is 1. The van der Waals surface area contributed by atoms with Crippen LogP contribution in [0.15, 0.2) is 23.0 Å². The van der Waals surface area contributed by atoms with Crippen LogP contribution in [0.25, 0.3) is 22.4 Å². The van der Waals surface area contributed by atoms with E-state index in [4.69, 9.17) is 9.72 Å². The second-order valence-corrected chi connectivity index (χ2v) is 6.28. The van der Waals surface area contributed by atoms with Gasteiger partial charge in [-0.1, -0.05) is 31.9 Å². The first-order chi connectivity index (χ1) is 12.0. The third-order valence-electron chi connectivity index (χ3n) is 4.10. The van der Waals surface area contributed by atoms with Crippen LogP contribution in [0.5, 0.6) is 5.75 Å². The molecule has 0 fully saturated rings. The Labute approximate surface area is 146 Å². The Morgan fingerprint density at radius 2 is 2.04 bits per heavy atom. The van der Waals surface area contributed by atoms with Crippen LogP contribution in [-0.2, 0) is 13.5 Å². The van der Waals surface area contributed by atoms with E-state index < -0.39 is 0 Å². The minimum atomic E-state index is -0.180. The maximum Gasteiger partial charge on any atom is 0.277 e. The zero-order chi connectivity index (χ0) is 18.0. The molecule has 1 N–H and O–H groups in total. The van der Waals surface area contributed by atoms with Gasteiger partial charge in [0.25, 0.3) is 5.56 Å². The number of aromatic amines is 1. The summed E-state index contributed by atoms with van der Waals surface area (Å²) < 4.78 is 7.46. The van der Waals surface area contributed by atoms with E-state index in [9.17, 15) is 4.79 Å². The third-order valence-corrected chi connectivity index (χ3v) is 4.10. The van der Waals surface area contributed by atoms with E-state index in [1.54, 1.807) is 11.7 Å². The fourth-order valence-corrected chi connectivity index (χ4v) is 2.95. The van der Waals surface area contributed by atoms with Gasteiger partial charge in [-0.15, -0.1) is 0 Å². The Bertz CT molecular complexity index is 956. The van der Waals surface area contributed by atoms with Crippen molar-refractivity contribution >= 4 is 11.0 Å². The number of aryl methyl sites for hydroxylation is 3. The quantitative estimate of drug-likeness (QED) is 0.747. The minimum Gasteiger partial charge on any atom is -0.493 e. The van der Waals surface area contributed by atoms with Gasteiger partial charge >= 0.3 is 0 Å². The van der Waals surface area contributed by atoms with Gasteiger partial charge in [-0.3, -0.25) is 9.48 Å². The molecule has 0 saturated carbocycles. The first kappa shape index (κ1) is 17.2. The Morgan fingerprint density at radius 1 is 1.24 bits per heavy atom. The Hall–Kier alpha value is -2.63. The Kier molecular flexibility index (Phi) is 4.88. The molecule has 0 aliphatic carbocycles. The molecular formula is C19H24N4O2. The van der Waals surface area contributed by atoms with E-state index >= 15 is 0 Å². The van der Waals surface area contributed by atoms with Crippen LogP contribution < -0.4 is 10.3 Å². The van der Waals surface area contributed by atoms with Crippen LogP contribution in [0.1, 0.15) is 37.9 Å². The summed E-state index contributed by atoms with van der Waals surface area (Å²) in [5, 5.41) is 4.47. The molecule has 1 aromatic carbocycles. The normalized spacial score (nSPS) is 11.2. The van der Waals surface area contributed by atoms with Gasteiger partial charge in [0, 0.05) is 7.05 Å². The standard InChI is InChI=1S/C19H24N4O2/c1-5-7-14-16-17(23(4)22-14)19(24)21-18(20-16)13-11-12(3)8-9-15(13)25-10-6-2/h8-9,11H,5-7,10H2,1-4H3,(H,20,21,24). The number of hydrogen-bond acceptors (Lipinski definition) is 4. The van der Waals surface area contributed by atoms with Crippen molar-refractivity contribution in [2.75, 3.05) is 6.61 Å². The van der Waals surface area contributed by atoms with Gasteiger partial charge < -0.3 is 9.72 Å². The number of H-pyrrole nitrogens is 1. The minimum absolute atomic E-state index is 0.180. The second kappa shape index (κ2) is 7.09. The van der Waals surface area contributed by atoms with Gasteiger partial charge in [-0.05, 0) is 31.9 Å². The largest absolute Gasteiger partial charge is 0.493 e. The highest BCUT2D eigenvalue weighted by molar-refractivity contribution is 5.79. The van der Waals surface area contributed by atoms with Crippen molar-refractivity contribution in [3.05, 3.63) is 39.8 Å². The molecule has 2 aromatic heterocycles. The highest BCUT2D eigenvalue weighted by Crippen LogP contribution is 2.29. The third kappa shape index (κ3) is 3.29. The summed E-state index contributed by atoms with van der Waals surface area (Å²) in [7, 11) is 1.78. The number of nitrogens with one attached hydrogen (secondary N) is 1. The van der Waals surface area contributed by atoms with Gasteiger partial charge in [-0.25, -0.2) is 4.98 Å². The summed E-state index contributed by atoms with van der Waals surface area (Å²) in [6, 6.07) is 5.92. The summed E-state index contributed by atoms with van der Waals surface area (Å²) in [6.07, 6.45) is 2.66. The molecule has 0 spiro atoms. The molecule has 25 heavy (non-hydrogen) atoms. The first-order valence-corrected chi connectivity index (χ1v) is 8.74. The van der Waals surface area contributed by atoms with E-state index in [1.807, 2.05) is 25.1 Å². The second-order valence-electron chi connectivity index (χ2n) is 6.28. The molecule has 3 rings (SSSR count). The molecule has 0 aliphatic heterocycles. The Morgan fingerprint density at radius 3 is 2.76 bits per heavy atom. The Balaban J connectivity index is 2.21. The summed E-state index contributed by atoms with van der Waals surface area (Å²) in [5.41, 5.74) is 3.75. The van der Waals surface area contributed by atoms with Gasteiger partial charge in [-0.2, -0.15) is 5.10 Å². The monoisotopic (exact) mass is 340 g/mol. The zero-order valence-electron chi connectivity index (χ0n) is 15.2. The molecular weight excluding hydrogens is 316 g/mol. The topological polar surface area (TPSA) is 72.8 Å². The molecule has 3 aromatic rings. The zero-order valence-corrected chi connectivity index (χ0v) is 15.2. The molecule has 6 heteroatoms. The van der Waals surface area contributed by atoms with Crippen LogP contribution >= 0.6 is 0 Å². The number of ether oxygens (including phenoxy) is 1. The van der Waals surface area contributed by atoms with Gasteiger partial charge in [0.05, 0.1) is 17.9 Å². The lowest BCUT2D eigenvalue weighted by Gasteiger charge is -2.11. The predicted octanol–water partition coefficient (Wildman–Crippen LogP) is 3.37. The maximum absolute atomic E-state index is 12.6. The highest BCUT2D eigenvalue weighted by atomic mass is 16.5. The van der Waals surface area contributed by atoms with E-state index in [0.29, 0.717) is 23.5 Å². The fourth-order valence-electron chi connectivity index (χ4n) is 2.95. The van der Waals surface area contributed by atoms with E-state index in [1.165, 1.54) is 0 Å². The number of nitrogens with zero attached hydrogens (tertiary/aromatic N) is 3. The van der Waals surface area contributed by atoms with Gasteiger partial charge in [0.1, 0.15) is 17.1 Å². The summed E-state index contributed by atoms with van der Waals surface area (Å²) in [6.45, 7) is 6.78. The lowest BCUT2D eigenvalue weighted by molar-refractivity contribution is 0.318. The van der Waals surface area contributed by atoms with Crippen molar-refractivity contribution in [1.82, 2.24) is 19.7 Å². The van der Waals surface area contributed by atoms with E-state index in [0.717, 1.165) is 41.8 Å². The molecule has 0 aliphatic rings.